The van der Waals surface area contributed by atoms with Crippen molar-refractivity contribution >= 4 is 27.8 Å². The molecule has 7 aromatic carbocycles. The summed E-state index contributed by atoms with van der Waals surface area (Å²) in [6.07, 6.45) is 0.879. The molecule has 232 valence electrons. The highest BCUT2D eigenvalue weighted by Crippen LogP contribution is 2.61. The molecule has 2 aliphatic carbocycles. The molecule has 0 amide bonds. The number of hydrogen-bond acceptors (Lipinski definition) is 1. The molecule has 0 unspecified atom stereocenters. The van der Waals surface area contributed by atoms with E-state index in [1.165, 1.54) is 66.4 Å². The van der Waals surface area contributed by atoms with Crippen LogP contribution in [0.2, 0.25) is 0 Å². The van der Waals surface area contributed by atoms with Crippen LogP contribution in [0.5, 0.6) is 0 Å². The van der Waals surface area contributed by atoms with Crippen LogP contribution in [-0.2, 0) is 11.8 Å². The van der Waals surface area contributed by atoms with Gasteiger partial charge in [-0.05, 0) is 79.8 Å². The molecule has 0 bridgehead atoms. The molecule has 0 atom stereocenters. The van der Waals surface area contributed by atoms with Gasteiger partial charge in [-0.3, -0.25) is 0 Å². The van der Waals surface area contributed by atoms with E-state index >= 15 is 0 Å². The first-order chi connectivity index (χ1) is 24.1. The van der Waals surface area contributed by atoms with Gasteiger partial charge in [-0.15, -0.1) is 0 Å². The highest BCUT2D eigenvalue weighted by atomic mass is 14.8. The molecule has 49 heavy (non-hydrogen) atoms. The number of allylic oxidation sites excluding steroid dienone is 2. The first-order valence-corrected chi connectivity index (χ1v) is 17.0. The van der Waals surface area contributed by atoms with Gasteiger partial charge >= 0.3 is 0 Å². The van der Waals surface area contributed by atoms with Gasteiger partial charge < -0.3 is 0 Å². The Kier molecular flexibility index (Phi) is 6.88. The minimum atomic E-state index is -0.388. The summed E-state index contributed by atoms with van der Waals surface area (Å²) in [5.41, 5.74) is 16.3. The highest BCUT2D eigenvalue weighted by Gasteiger charge is 2.51. The maximum absolute atomic E-state index is 5.43. The molecule has 0 aromatic heterocycles. The number of fused-ring (bicyclic) bond motifs is 8. The summed E-state index contributed by atoms with van der Waals surface area (Å²) in [6, 6.07) is 61.4. The molecule has 1 spiro atoms. The Morgan fingerprint density at radius 1 is 0.510 bits per heavy atom. The standard InChI is InChI=1S/C48H35N/c1-32-46(42-20-10-13-23-45(42)48(32)43-21-11-8-18-40(43)41-19-9-12-22-44(41)48)47(38-15-4-3-5-16-38)49-33(2)36-27-24-34(25-28-36)30-35-26-29-37-14-6-7-17-39(37)31-35/h3-29,31H,2,30H2,1H3. The molecule has 0 fully saturated rings. The van der Waals surface area contributed by atoms with Gasteiger partial charge in [0.05, 0.1) is 16.8 Å². The van der Waals surface area contributed by atoms with E-state index in [-0.39, 0.29) is 5.41 Å². The van der Waals surface area contributed by atoms with Crippen LogP contribution in [0.15, 0.2) is 187 Å². The van der Waals surface area contributed by atoms with Crippen molar-refractivity contribution in [1.29, 1.82) is 0 Å². The lowest BCUT2D eigenvalue weighted by molar-refractivity contribution is 0.767. The normalized spacial score (nSPS) is 14.2. The van der Waals surface area contributed by atoms with E-state index in [1.807, 2.05) is 0 Å². The zero-order valence-corrected chi connectivity index (χ0v) is 27.5. The molecule has 0 N–H and O–H groups in total. The van der Waals surface area contributed by atoms with Gasteiger partial charge in [-0.1, -0.05) is 176 Å². The Bertz CT molecular complexity index is 2430. The minimum Gasteiger partial charge on any atom is -0.248 e. The predicted octanol–water partition coefficient (Wildman–Crippen LogP) is 11.7. The summed E-state index contributed by atoms with van der Waals surface area (Å²) in [5.74, 6) is 0. The second kappa shape index (κ2) is 11.6. The van der Waals surface area contributed by atoms with Crippen molar-refractivity contribution in [3.8, 4) is 11.1 Å². The van der Waals surface area contributed by atoms with Crippen molar-refractivity contribution in [2.45, 2.75) is 18.8 Å². The van der Waals surface area contributed by atoms with Crippen LogP contribution in [0.4, 0.5) is 0 Å². The number of benzene rings is 7. The van der Waals surface area contributed by atoms with Gasteiger partial charge in [0, 0.05) is 11.1 Å². The third kappa shape index (κ3) is 4.58. The molecule has 0 saturated carbocycles. The minimum absolute atomic E-state index is 0.388. The lowest BCUT2D eigenvalue weighted by Gasteiger charge is -2.31. The Morgan fingerprint density at radius 3 is 1.71 bits per heavy atom. The van der Waals surface area contributed by atoms with Crippen LogP contribution < -0.4 is 0 Å². The lowest BCUT2D eigenvalue weighted by Crippen LogP contribution is -2.26. The first-order valence-electron chi connectivity index (χ1n) is 17.0. The fourth-order valence-corrected chi connectivity index (χ4v) is 8.31. The predicted molar refractivity (Wildman–Crippen MR) is 206 cm³/mol. The number of rotatable bonds is 6. The number of hydrogen-bond donors (Lipinski definition) is 0. The second-order valence-electron chi connectivity index (χ2n) is 13.2. The zero-order valence-electron chi connectivity index (χ0n) is 27.5. The smallest absolute Gasteiger partial charge is 0.0787 e. The fraction of sp³-hybridized carbons (Fsp3) is 0.0625. The number of aliphatic imine (C=N–C) groups is 1. The van der Waals surface area contributed by atoms with Crippen LogP contribution in [0.25, 0.3) is 33.2 Å². The van der Waals surface area contributed by atoms with Crippen molar-refractivity contribution in [2.75, 3.05) is 0 Å². The summed E-state index contributed by atoms with van der Waals surface area (Å²) >= 11 is 0. The second-order valence-corrected chi connectivity index (χ2v) is 13.2. The van der Waals surface area contributed by atoms with Crippen molar-refractivity contribution in [2.24, 2.45) is 4.99 Å². The highest BCUT2D eigenvalue weighted by molar-refractivity contribution is 6.35. The molecule has 2 aliphatic rings. The van der Waals surface area contributed by atoms with Crippen molar-refractivity contribution < 1.29 is 0 Å². The molecule has 9 rings (SSSR count). The van der Waals surface area contributed by atoms with E-state index < -0.39 is 0 Å². The van der Waals surface area contributed by atoms with Gasteiger partial charge in [0.2, 0.25) is 0 Å². The van der Waals surface area contributed by atoms with Crippen LogP contribution >= 0.6 is 0 Å². The van der Waals surface area contributed by atoms with Gasteiger partial charge in [0.1, 0.15) is 0 Å². The van der Waals surface area contributed by atoms with E-state index in [2.05, 4.69) is 183 Å². The monoisotopic (exact) mass is 625 g/mol. The lowest BCUT2D eigenvalue weighted by atomic mass is 9.70. The van der Waals surface area contributed by atoms with Crippen molar-refractivity contribution in [3.63, 3.8) is 0 Å². The fourth-order valence-electron chi connectivity index (χ4n) is 8.31. The third-order valence-electron chi connectivity index (χ3n) is 10.5. The van der Waals surface area contributed by atoms with Crippen molar-refractivity contribution in [3.05, 3.63) is 227 Å². The molecule has 1 nitrogen and oxygen atoms in total. The number of nitrogens with zero attached hydrogens (tertiary/aromatic N) is 1. The van der Waals surface area contributed by atoms with E-state index in [0.29, 0.717) is 0 Å². The van der Waals surface area contributed by atoms with Crippen LogP contribution in [0, 0.1) is 0 Å². The Morgan fingerprint density at radius 2 is 1.04 bits per heavy atom. The largest absolute Gasteiger partial charge is 0.248 e. The SMILES string of the molecule is C=C(N=C(C1=C(C)C2(c3ccccc31)c1ccccc1-c1ccccc12)c1ccccc1)c1ccc(Cc2ccc3ccccc3c2)cc1. The van der Waals surface area contributed by atoms with Gasteiger partial charge in [-0.2, -0.15) is 0 Å². The summed E-state index contributed by atoms with van der Waals surface area (Å²) in [5, 5.41) is 2.55. The van der Waals surface area contributed by atoms with Gasteiger partial charge in [-0.25, -0.2) is 4.99 Å². The Hall–Kier alpha value is -6.05. The quantitative estimate of drug-likeness (QED) is 0.163. The third-order valence-corrected chi connectivity index (χ3v) is 10.5. The van der Waals surface area contributed by atoms with Gasteiger partial charge in [0.25, 0.3) is 0 Å². The van der Waals surface area contributed by atoms with E-state index in [0.717, 1.165) is 29.0 Å². The van der Waals surface area contributed by atoms with Crippen LogP contribution in [0.1, 0.15) is 51.4 Å². The maximum atomic E-state index is 5.43. The molecule has 0 heterocycles. The summed E-state index contributed by atoms with van der Waals surface area (Å²) in [6.45, 7) is 6.86. The summed E-state index contributed by atoms with van der Waals surface area (Å²) < 4.78 is 0. The van der Waals surface area contributed by atoms with Crippen LogP contribution in [-0.4, -0.2) is 5.71 Å². The van der Waals surface area contributed by atoms with Crippen molar-refractivity contribution in [1.82, 2.24) is 0 Å². The van der Waals surface area contributed by atoms with E-state index in [4.69, 9.17) is 4.99 Å². The Labute approximate surface area is 288 Å². The van der Waals surface area contributed by atoms with Crippen LogP contribution in [0.3, 0.4) is 0 Å². The Balaban J connectivity index is 1.16. The molecule has 0 saturated heterocycles. The van der Waals surface area contributed by atoms with E-state index in [1.54, 1.807) is 0 Å². The average molecular weight is 626 g/mol. The molecular formula is C48H35N. The van der Waals surface area contributed by atoms with E-state index in [9.17, 15) is 0 Å². The molecule has 0 radical (unpaired) electrons. The summed E-state index contributed by atoms with van der Waals surface area (Å²) in [4.78, 5) is 5.43. The average Bonchev–Trinajstić information content (AvgIpc) is 3.60. The zero-order chi connectivity index (χ0) is 33.0. The topological polar surface area (TPSA) is 12.4 Å². The maximum Gasteiger partial charge on any atom is 0.0787 e. The molecule has 0 aliphatic heterocycles. The molecule has 7 aromatic rings. The van der Waals surface area contributed by atoms with Gasteiger partial charge in [0.15, 0.2) is 0 Å². The summed E-state index contributed by atoms with van der Waals surface area (Å²) in [7, 11) is 0. The molecular weight excluding hydrogens is 591 g/mol. The first kappa shape index (κ1) is 29.1. The molecule has 1 heteroatoms.